The Morgan fingerprint density at radius 2 is 0.943 bits per heavy atom. The summed E-state index contributed by atoms with van der Waals surface area (Å²) in [5.41, 5.74) is 4.37. The van der Waals surface area contributed by atoms with E-state index >= 15 is 0 Å². The molecule has 11 heteroatoms. The van der Waals surface area contributed by atoms with Gasteiger partial charge in [0.05, 0.1) is 17.6 Å². The monoisotopic (exact) mass is 708 g/mol. The van der Waals surface area contributed by atoms with E-state index in [0.29, 0.717) is 0 Å². The molecule has 2 nitrogen and oxygen atoms in total. The Labute approximate surface area is 218 Å². The van der Waals surface area contributed by atoms with Gasteiger partial charge in [0.15, 0.2) is 0 Å². The molecule has 1 heterocycles. The summed E-state index contributed by atoms with van der Waals surface area (Å²) in [5.74, 6) is 0. The van der Waals surface area contributed by atoms with E-state index in [4.69, 9.17) is 0 Å². The molecule has 0 fully saturated rings. The maximum absolute atomic E-state index is 10.7. The SMILES string of the molecule is C(=Nc1ccccc1)c1ccccn1.F[P-](F)(F)(F)(F)F.[Cl-].[Os+4].c1ccc(-c2ccccc2)cc1. The summed E-state index contributed by atoms with van der Waals surface area (Å²) in [6, 6.07) is 36.4. The first-order valence-electron chi connectivity index (χ1n) is 9.54. The third kappa shape index (κ3) is 18.4. The van der Waals surface area contributed by atoms with Gasteiger partial charge in [0.1, 0.15) is 0 Å². The van der Waals surface area contributed by atoms with Crippen LogP contribution in [0.15, 0.2) is 120 Å². The van der Waals surface area contributed by atoms with Crippen LogP contribution in [0.1, 0.15) is 5.69 Å². The van der Waals surface area contributed by atoms with Crippen LogP contribution in [-0.4, -0.2) is 11.2 Å². The zero-order chi connectivity index (χ0) is 24.3. The van der Waals surface area contributed by atoms with Gasteiger partial charge >= 0.3 is 52.8 Å². The number of nitrogens with zero attached hydrogens (tertiary/aromatic N) is 2. The molecule has 4 aromatic rings. The van der Waals surface area contributed by atoms with E-state index in [1.54, 1.807) is 12.4 Å². The summed E-state index contributed by atoms with van der Waals surface area (Å²) >= 11 is 0. The second-order valence-electron chi connectivity index (χ2n) is 6.54. The molecule has 0 saturated heterocycles. The van der Waals surface area contributed by atoms with Crippen LogP contribution in [0.5, 0.6) is 0 Å². The molecule has 0 amide bonds. The van der Waals surface area contributed by atoms with Crippen molar-refractivity contribution in [2.45, 2.75) is 0 Å². The Morgan fingerprint density at radius 3 is 1.31 bits per heavy atom. The van der Waals surface area contributed by atoms with Crippen molar-refractivity contribution in [1.82, 2.24) is 4.98 Å². The fourth-order valence-corrected chi connectivity index (χ4v) is 2.37. The second-order valence-corrected chi connectivity index (χ2v) is 8.46. The first-order chi connectivity index (χ1) is 15.4. The van der Waals surface area contributed by atoms with Crippen LogP contribution >= 0.6 is 7.81 Å². The molecule has 0 spiro atoms. The van der Waals surface area contributed by atoms with Crippen molar-refractivity contribution in [3.05, 3.63) is 121 Å². The smallest absolute Gasteiger partial charge is 1.00 e. The van der Waals surface area contributed by atoms with Gasteiger partial charge in [0.25, 0.3) is 0 Å². The van der Waals surface area contributed by atoms with Crippen LogP contribution in [-0.2, 0) is 19.8 Å². The Hall–Kier alpha value is -2.58. The number of aliphatic imine (C=N–C) groups is 1. The summed E-state index contributed by atoms with van der Waals surface area (Å²) < 4.78 is 59.2. The maximum atomic E-state index is 9.87. The number of hydrogen-bond donors (Lipinski definition) is 0. The van der Waals surface area contributed by atoms with Crippen LogP contribution in [0, 0.1) is 0 Å². The van der Waals surface area contributed by atoms with Gasteiger partial charge in [-0.1, -0.05) is 84.9 Å². The second kappa shape index (κ2) is 13.5. The van der Waals surface area contributed by atoms with Gasteiger partial charge in [0.2, 0.25) is 0 Å². The number of halogens is 7. The molecule has 0 saturated carbocycles. The van der Waals surface area contributed by atoms with Crippen molar-refractivity contribution in [3.63, 3.8) is 0 Å². The van der Waals surface area contributed by atoms with Crippen LogP contribution in [0.3, 0.4) is 0 Å². The van der Waals surface area contributed by atoms with Crippen molar-refractivity contribution in [1.29, 1.82) is 0 Å². The molecule has 4 rings (SSSR count). The molecule has 1 aromatic heterocycles. The molecular weight excluding hydrogens is 687 g/mol. The van der Waals surface area contributed by atoms with Gasteiger partial charge in [-0.05, 0) is 35.4 Å². The quantitative estimate of drug-likeness (QED) is 0.135. The number of benzene rings is 3. The Bertz CT molecular complexity index is 1040. The Balaban J connectivity index is 0.000000508. The fourth-order valence-electron chi connectivity index (χ4n) is 2.37. The van der Waals surface area contributed by atoms with Gasteiger partial charge in [0, 0.05) is 6.20 Å². The van der Waals surface area contributed by atoms with Gasteiger partial charge < -0.3 is 12.4 Å². The first kappa shape index (κ1) is 32.4. The van der Waals surface area contributed by atoms with Gasteiger partial charge in [-0.3, -0.25) is 9.98 Å². The third-order valence-corrected chi connectivity index (χ3v) is 3.67. The van der Waals surface area contributed by atoms with E-state index in [9.17, 15) is 25.2 Å². The summed E-state index contributed by atoms with van der Waals surface area (Å²) in [7, 11) is -10.7. The molecular formula is C24H20ClF6N2OsP+2. The largest absolute Gasteiger partial charge is 4.00 e. The molecule has 186 valence electrons. The van der Waals surface area contributed by atoms with E-state index < -0.39 is 7.81 Å². The molecule has 0 bridgehead atoms. The number of pyridine rings is 1. The van der Waals surface area contributed by atoms with Gasteiger partial charge in [-0.2, -0.15) is 0 Å². The van der Waals surface area contributed by atoms with Crippen LogP contribution in [0.25, 0.3) is 11.1 Å². The van der Waals surface area contributed by atoms with Crippen molar-refractivity contribution in [2.24, 2.45) is 4.99 Å². The summed E-state index contributed by atoms with van der Waals surface area (Å²) in [6.45, 7) is 0. The number of hydrogen-bond acceptors (Lipinski definition) is 2. The van der Waals surface area contributed by atoms with Crippen molar-refractivity contribution >= 4 is 19.7 Å². The summed E-state index contributed by atoms with van der Waals surface area (Å²) in [5, 5.41) is 0. The normalized spacial score (nSPS) is 12.2. The van der Waals surface area contributed by atoms with E-state index in [1.807, 2.05) is 60.7 Å². The van der Waals surface area contributed by atoms with Gasteiger partial charge in [-0.25, -0.2) is 0 Å². The third-order valence-electron chi connectivity index (χ3n) is 3.67. The minimum absolute atomic E-state index is 0. The Kier molecular flexibility index (Phi) is 12.5. The fraction of sp³-hybridized carbons (Fsp3) is 0. The zero-order valence-corrected chi connectivity index (χ0v) is 22.1. The van der Waals surface area contributed by atoms with E-state index in [2.05, 4.69) is 58.5 Å². The van der Waals surface area contributed by atoms with Crippen molar-refractivity contribution < 1.29 is 57.4 Å². The molecule has 35 heavy (non-hydrogen) atoms. The molecule has 0 atom stereocenters. The molecule has 0 unspecified atom stereocenters. The standard InChI is InChI=1S/C12H10N2.C12H10.ClH.F6P.Os/c1-2-6-11(7-3-1)14-10-12-8-4-5-9-13-12;1-3-7-11(8-4-1)12-9-5-2-6-10-12;;1-7(2,3,4,5)6;/h1-10H;1-10H;1H;;/q;;;-1;+4/p-1. The number of para-hydroxylation sites is 1. The first-order valence-corrected chi connectivity index (χ1v) is 11.6. The average molecular weight is 707 g/mol. The predicted octanol–water partition coefficient (Wildman–Crippen LogP) is 6.57. The molecule has 0 aliphatic heterocycles. The minimum Gasteiger partial charge on any atom is -1.00 e. The van der Waals surface area contributed by atoms with E-state index in [0.717, 1.165) is 11.4 Å². The average Bonchev–Trinajstić information content (AvgIpc) is 2.79. The summed E-state index contributed by atoms with van der Waals surface area (Å²) in [4.78, 5) is 8.43. The van der Waals surface area contributed by atoms with E-state index in [-0.39, 0.29) is 32.2 Å². The van der Waals surface area contributed by atoms with Crippen LogP contribution < -0.4 is 12.4 Å². The molecule has 3 aromatic carbocycles. The van der Waals surface area contributed by atoms with E-state index in [1.165, 1.54) is 11.1 Å². The predicted molar refractivity (Wildman–Crippen MR) is 123 cm³/mol. The molecule has 0 aliphatic rings. The zero-order valence-electron chi connectivity index (χ0n) is 17.9. The molecule has 0 aliphatic carbocycles. The Morgan fingerprint density at radius 1 is 0.571 bits per heavy atom. The molecule has 0 radical (unpaired) electrons. The minimum atomic E-state index is -10.7. The van der Waals surface area contributed by atoms with Crippen LogP contribution in [0.4, 0.5) is 30.9 Å². The number of aromatic nitrogens is 1. The molecule has 0 N–H and O–H groups in total. The summed E-state index contributed by atoms with van der Waals surface area (Å²) in [6.07, 6.45) is 3.52. The van der Waals surface area contributed by atoms with Crippen molar-refractivity contribution in [2.75, 3.05) is 0 Å². The maximum Gasteiger partial charge on any atom is 4.00 e. The van der Waals surface area contributed by atoms with Gasteiger partial charge in [-0.15, -0.1) is 0 Å². The topological polar surface area (TPSA) is 25.2 Å². The van der Waals surface area contributed by atoms with Crippen molar-refractivity contribution in [3.8, 4) is 11.1 Å². The van der Waals surface area contributed by atoms with Crippen LogP contribution in [0.2, 0.25) is 0 Å². The number of rotatable bonds is 3.